The van der Waals surface area contributed by atoms with Crippen molar-refractivity contribution in [2.75, 3.05) is 6.61 Å². The lowest BCUT2D eigenvalue weighted by atomic mass is 9.51. The van der Waals surface area contributed by atoms with E-state index in [-0.39, 0.29) is 16.8 Å². The first-order valence-corrected chi connectivity index (χ1v) is 5.22. The highest BCUT2D eigenvalue weighted by Crippen LogP contribution is 2.70. The minimum atomic E-state index is -0.117. The van der Waals surface area contributed by atoms with Gasteiger partial charge in [0.05, 0.1) is 12.0 Å². The quantitative estimate of drug-likeness (QED) is 0.613. The van der Waals surface area contributed by atoms with Gasteiger partial charge in [-0.25, -0.2) is 0 Å². The molecular weight excluding hydrogens is 164 g/mol. The predicted molar refractivity (Wildman–Crippen MR) is 50.2 cm³/mol. The Balaban J connectivity index is 2.18. The zero-order chi connectivity index (χ0) is 9.69. The Labute approximate surface area is 79.7 Å². The summed E-state index contributed by atoms with van der Waals surface area (Å²) in [7, 11) is 0. The number of fused-ring (bicyclic) bond motifs is 1. The van der Waals surface area contributed by atoms with Gasteiger partial charge < -0.3 is 4.74 Å². The van der Waals surface area contributed by atoms with Crippen molar-refractivity contribution in [1.82, 2.24) is 0 Å². The van der Waals surface area contributed by atoms with E-state index in [0.717, 1.165) is 18.8 Å². The van der Waals surface area contributed by atoms with E-state index in [4.69, 9.17) is 4.74 Å². The topological polar surface area (TPSA) is 26.3 Å². The highest BCUT2D eigenvalue weighted by Gasteiger charge is 2.69. The summed E-state index contributed by atoms with van der Waals surface area (Å²) in [5, 5.41) is 0. The van der Waals surface area contributed by atoms with Gasteiger partial charge in [-0.1, -0.05) is 13.8 Å². The van der Waals surface area contributed by atoms with Crippen LogP contribution in [0.1, 0.15) is 40.0 Å². The first kappa shape index (κ1) is 9.04. The van der Waals surface area contributed by atoms with Crippen molar-refractivity contribution in [2.45, 2.75) is 40.0 Å². The van der Waals surface area contributed by atoms with Crippen molar-refractivity contribution in [3.63, 3.8) is 0 Å². The summed E-state index contributed by atoms with van der Waals surface area (Å²) < 4.78 is 5.16. The average molecular weight is 182 g/mol. The summed E-state index contributed by atoms with van der Waals surface area (Å²) in [6, 6.07) is 0. The first-order valence-electron chi connectivity index (χ1n) is 5.22. The molecule has 0 radical (unpaired) electrons. The van der Waals surface area contributed by atoms with Crippen LogP contribution < -0.4 is 0 Å². The van der Waals surface area contributed by atoms with Crippen LogP contribution in [0.15, 0.2) is 0 Å². The van der Waals surface area contributed by atoms with Crippen LogP contribution in [-0.2, 0) is 9.53 Å². The van der Waals surface area contributed by atoms with E-state index in [1.54, 1.807) is 0 Å². The molecule has 0 spiro atoms. The lowest BCUT2D eigenvalue weighted by Gasteiger charge is -2.52. The molecule has 0 aliphatic heterocycles. The second-order valence-electron chi connectivity index (χ2n) is 4.96. The van der Waals surface area contributed by atoms with Gasteiger partial charge in [-0.05, 0) is 37.5 Å². The van der Waals surface area contributed by atoms with Crippen LogP contribution in [0.3, 0.4) is 0 Å². The first-order chi connectivity index (χ1) is 6.04. The Morgan fingerprint density at radius 2 is 2.23 bits per heavy atom. The SMILES string of the molecule is CCOC(=O)[C@]12CC[C@H](C1)C2(C)C. The van der Waals surface area contributed by atoms with Gasteiger partial charge >= 0.3 is 5.97 Å². The molecule has 0 N–H and O–H groups in total. The highest BCUT2D eigenvalue weighted by molar-refractivity contribution is 5.80. The molecule has 0 heterocycles. The standard InChI is InChI=1S/C11H18O2/c1-4-13-9(12)11-6-5-8(7-11)10(11,2)3/h8H,4-7H2,1-3H3/t8-,11+/m1/s1. The molecule has 0 aromatic rings. The molecule has 0 amide bonds. The predicted octanol–water partition coefficient (Wildman–Crippen LogP) is 2.38. The highest BCUT2D eigenvalue weighted by atomic mass is 16.5. The maximum Gasteiger partial charge on any atom is 0.312 e. The molecular formula is C11H18O2. The minimum Gasteiger partial charge on any atom is -0.466 e. The number of carbonyl (C=O) groups excluding carboxylic acids is 1. The largest absolute Gasteiger partial charge is 0.466 e. The lowest BCUT2D eigenvalue weighted by Crippen LogP contribution is -2.53. The smallest absolute Gasteiger partial charge is 0.312 e. The minimum absolute atomic E-state index is 0.0498. The fraction of sp³-hybridized carbons (Fsp3) is 0.909. The van der Waals surface area contributed by atoms with E-state index in [0.29, 0.717) is 6.61 Å². The Morgan fingerprint density at radius 1 is 1.54 bits per heavy atom. The third kappa shape index (κ3) is 0.866. The van der Waals surface area contributed by atoms with Gasteiger partial charge in [0, 0.05) is 0 Å². The summed E-state index contributed by atoms with van der Waals surface area (Å²) in [6.07, 6.45) is 3.33. The van der Waals surface area contributed by atoms with E-state index in [1.165, 1.54) is 6.42 Å². The number of carbonyl (C=O) groups is 1. The molecule has 0 unspecified atom stereocenters. The number of ether oxygens (including phenoxy) is 1. The molecule has 3 fully saturated rings. The van der Waals surface area contributed by atoms with Crippen LogP contribution in [0.2, 0.25) is 0 Å². The number of hydrogen-bond donors (Lipinski definition) is 0. The normalized spacial score (nSPS) is 39.8. The molecule has 74 valence electrons. The van der Waals surface area contributed by atoms with Crippen molar-refractivity contribution in [2.24, 2.45) is 16.7 Å². The molecule has 0 aromatic heterocycles. The van der Waals surface area contributed by atoms with E-state index >= 15 is 0 Å². The second-order valence-corrected chi connectivity index (χ2v) is 4.96. The lowest BCUT2D eigenvalue weighted by molar-refractivity contribution is -0.176. The van der Waals surface area contributed by atoms with Crippen LogP contribution in [0.4, 0.5) is 0 Å². The molecule has 2 bridgehead atoms. The van der Waals surface area contributed by atoms with E-state index < -0.39 is 0 Å². The molecule has 2 nitrogen and oxygen atoms in total. The monoisotopic (exact) mass is 182 g/mol. The van der Waals surface area contributed by atoms with Gasteiger partial charge in [-0.2, -0.15) is 0 Å². The second kappa shape index (κ2) is 2.49. The van der Waals surface area contributed by atoms with Crippen molar-refractivity contribution in [3.8, 4) is 0 Å². The van der Waals surface area contributed by atoms with Gasteiger partial charge in [-0.15, -0.1) is 0 Å². The van der Waals surface area contributed by atoms with Gasteiger partial charge in [0.2, 0.25) is 0 Å². The summed E-state index contributed by atoms with van der Waals surface area (Å²) in [5.74, 6) is 0.811. The maximum absolute atomic E-state index is 11.8. The van der Waals surface area contributed by atoms with Crippen LogP contribution in [0.25, 0.3) is 0 Å². The van der Waals surface area contributed by atoms with Crippen molar-refractivity contribution in [3.05, 3.63) is 0 Å². The van der Waals surface area contributed by atoms with Gasteiger partial charge in [0.25, 0.3) is 0 Å². The molecule has 3 saturated carbocycles. The van der Waals surface area contributed by atoms with E-state index in [1.807, 2.05) is 6.92 Å². The summed E-state index contributed by atoms with van der Waals surface area (Å²) in [4.78, 5) is 11.8. The van der Waals surface area contributed by atoms with Crippen molar-refractivity contribution >= 4 is 5.97 Å². The molecule has 2 heteroatoms. The maximum atomic E-state index is 11.8. The van der Waals surface area contributed by atoms with Crippen LogP contribution >= 0.6 is 0 Å². The number of hydrogen-bond acceptors (Lipinski definition) is 2. The number of esters is 1. The Bertz CT molecular complexity index is 240. The number of rotatable bonds is 2. The van der Waals surface area contributed by atoms with Crippen molar-refractivity contribution in [1.29, 1.82) is 0 Å². The molecule has 3 aliphatic rings. The average Bonchev–Trinajstić information content (AvgIpc) is 2.60. The third-order valence-electron chi connectivity index (χ3n) is 4.43. The van der Waals surface area contributed by atoms with Gasteiger partial charge in [0.15, 0.2) is 0 Å². The Morgan fingerprint density at radius 3 is 2.62 bits per heavy atom. The van der Waals surface area contributed by atoms with Crippen LogP contribution in [0, 0.1) is 16.7 Å². The molecule has 0 saturated heterocycles. The van der Waals surface area contributed by atoms with Crippen LogP contribution in [-0.4, -0.2) is 12.6 Å². The Hall–Kier alpha value is -0.530. The van der Waals surface area contributed by atoms with Crippen LogP contribution in [0.5, 0.6) is 0 Å². The molecule has 0 aromatic carbocycles. The summed E-state index contributed by atoms with van der Waals surface area (Å²) in [5.41, 5.74) is 0.0763. The third-order valence-corrected chi connectivity index (χ3v) is 4.43. The van der Waals surface area contributed by atoms with E-state index in [9.17, 15) is 4.79 Å². The zero-order valence-electron chi connectivity index (χ0n) is 8.72. The Kier molecular flexibility index (Phi) is 1.73. The molecule has 3 rings (SSSR count). The summed E-state index contributed by atoms with van der Waals surface area (Å²) in [6.45, 7) is 6.82. The molecule has 13 heavy (non-hydrogen) atoms. The molecule has 2 atom stereocenters. The summed E-state index contributed by atoms with van der Waals surface area (Å²) >= 11 is 0. The fourth-order valence-corrected chi connectivity index (χ4v) is 3.22. The molecule has 3 aliphatic carbocycles. The zero-order valence-corrected chi connectivity index (χ0v) is 8.72. The van der Waals surface area contributed by atoms with Gasteiger partial charge in [-0.3, -0.25) is 4.79 Å². The fourth-order valence-electron chi connectivity index (χ4n) is 3.22. The van der Waals surface area contributed by atoms with E-state index in [2.05, 4.69) is 13.8 Å². The van der Waals surface area contributed by atoms with Gasteiger partial charge in [0.1, 0.15) is 0 Å². The van der Waals surface area contributed by atoms with Crippen molar-refractivity contribution < 1.29 is 9.53 Å².